The number of anilines is 1. The number of carbonyl (C=O) groups is 1. The zero-order valence-corrected chi connectivity index (χ0v) is 15.0. The fourth-order valence-electron chi connectivity index (χ4n) is 2.67. The molecule has 3 rings (SSSR count). The largest absolute Gasteiger partial charge is 0.481 e. The first-order chi connectivity index (χ1) is 12.1. The van der Waals surface area contributed by atoms with Crippen molar-refractivity contribution < 1.29 is 9.53 Å². The van der Waals surface area contributed by atoms with Crippen molar-refractivity contribution in [2.24, 2.45) is 0 Å². The SMILES string of the molecule is CC[C@H](Oc1ccc2ccccc2c1)C(=O)Nc1cc(Cl)ccc1C. The van der Waals surface area contributed by atoms with Gasteiger partial charge in [-0.1, -0.05) is 54.9 Å². The minimum atomic E-state index is -0.570. The second-order valence-electron chi connectivity index (χ2n) is 5.97. The molecule has 4 heteroatoms. The summed E-state index contributed by atoms with van der Waals surface area (Å²) in [6.07, 6.45) is -0.00214. The van der Waals surface area contributed by atoms with E-state index in [9.17, 15) is 4.79 Å². The van der Waals surface area contributed by atoms with Gasteiger partial charge < -0.3 is 10.1 Å². The Hall–Kier alpha value is -2.52. The average molecular weight is 354 g/mol. The molecule has 1 N–H and O–H groups in total. The van der Waals surface area contributed by atoms with Crippen molar-refractivity contribution in [3.63, 3.8) is 0 Å². The van der Waals surface area contributed by atoms with Crippen LogP contribution in [0.25, 0.3) is 10.8 Å². The zero-order valence-electron chi connectivity index (χ0n) is 14.3. The predicted molar refractivity (Wildman–Crippen MR) is 103 cm³/mol. The van der Waals surface area contributed by atoms with Crippen molar-refractivity contribution >= 4 is 34.0 Å². The Labute approximate surface area is 152 Å². The number of benzene rings is 3. The van der Waals surface area contributed by atoms with E-state index in [-0.39, 0.29) is 5.91 Å². The van der Waals surface area contributed by atoms with E-state index in [2.05, 4.69) is 5.32 Å². The van der Waals surface area contributed by atoms with Gasteiger partial charge in [0.1, 0.15) is 5.75 Å². The molecule has 0 saturated carbocycles. The average Bonchev–Trinajstić information content (AvgIpc) is 2.62. The molecule has 0 aliphatic carbocycles. The van der Waals surface area contributed by atoms with Crippen LogP contribution in [0, 0.1) is 6.92 Å². The van der Waals surface area contributed by atoms with Crippen LogP contribution in [-0.4, -0.2) is 12.0 Å². The molecule has 25 heavy (non-hydrogen) atoms. The first-order valence-corrected chi connectivity index (χ1v) is 8.67. The summed E-state index contributed by atoms with van der Waals surface area (Å²) in [4.78, 5) is 12.6. The van der Waals surface area contributed by atoms with E-state index in [0.29, 0.717) is 22.9 Å². The lowest BCUT2D eigenvalue weighted by molar-refractivity contribution is -0.122. The highest BCUT2D eigenvalue weighted by Crippen LogP contribution is 2.24. The molecule has 0 fully saturated rings. The molecule has 0 bridgehead atoms. The predicted octanol–water partition coefficient (Wildman–Crippen LogP) is 5.60. The summed E-state index contributed by atoms with van der Waals surface area (Å²) >= 11 is 6.02. The molecule has 0 spiro atoms. The summed E-state index contributed by atoms with van der Waals surface area (Å²) in [6.45, 7) is 3.85. The Kier molecular flexibility index (Phi) is 5.25. The number of hydrogen-bond donors (Lipinski definition) is 1. The summed E-state index contributed by atoms with van der Waals surface area (Å²) in [5, 5.41) is 5.72. The molecule has 0 radical (unpaired) electrons. The van der Waals surface area contributed by atoms with E-state index in [0.717, 1.165) is 16.3 Å². The van der Waals surface area contributed by atoms with E-state index >= 15 is 0 Å². The third kappa shape index (κ3) is 4.12. The molecular formula is C21H20ClNO2. The van der Waals surface area contributed by atoms with Crippen molar-refractivity contribution in [2.75, 3.05) is 5.32 Å². The number of carbonyl (C=O) groups excluding carboxylic acids is 1. The lowest BCUT2D eigenvalue weighted by Crippen LogP contribution is -2.32. The third-order valence-electron chi connectivity index (χ3n) is 4.12. The Balaban J connectivity index is 1.76. The fourth-order valence-corrected chi connectivity index (χ4v) is 2.84. The molecule has 0 heterocycles. The van der Waals surface area contributed by atoms with Gasteiger partial charge in [-0.15, -0.1) is 0 Å². The maximum Gasteiger partial charge on any atom is 0.265 e. The van der Waals surface area contributed by atoms with Gasteiger partial charge in [0.15, 0.2) is 6.10 Å². The molecule has 0 aromatic heterocycles. The Morgan fingerprint density at radius 2 is 1.84 bits per heavy atom. The normalized spacial score (nSPS) is 12.0. The molecule has 128 valence electrons. The monoisotopic (exact) mass is 353 g/mol. The van der Waals surface area contributed by atoms with E-state index in [4.69, 9.17) is 16.3 Å². The fraction of sp³-hybridized carbons (Fsp3) is 0.190. The molecular weight excluding hydrogens is 334 g/mol. The molecule has 1 atom stereocenters. The second-order valence-corrected chi connectivity index (χ2v) is 6.41. The smallest absolute Gasteiger partial charge is 0.265 e. The molecule has 3 nitrogen and oxygen atoms in total. The molecule has 1 amide bonds. The number of amides is 1. The van der Waals surface area contributed by atoms with Crippen molar-refractivity contribution in [1.29, 1.82) is 0 Å². The van der Waals surface area contributed by atoms with Gasteiger partial charge in [0.25, 0.3) is 5.91 Å². The van der Waals surface area contributed by atoms with Crippen LogP contribution in [0.2, 0.25) is 5.02 Å². The quantitative estimate of drug-likeness (QED) is 0.648. The van der Waals surface area contributed by atoms with Gasteiger partial charge in [-0.2, -0.15) is 0 Å². The van der Waals surface area contributed by atoms with E-state index in [1.165, 1.54) is 0 Å². The number of fused-ring (bicyclic) bond motifs is 1. The first kappa shape index (κ1) is 17.3. The minimum absolute atomic E-state index is 0.180. The van der Waals surface area contributed by atoms with Crippen LogP contribution in [0.15, 0.2) is 60.7 Å². The van der Waals surface area contributed by atoms with E-state index in [1.807, 2.05) is 62.4 Å². The van der Waals surface area contributed by atoms with Crippen molar-refractivity contribution in [2.45, 2.75) is 26.4 Å². The summed E-state index contributed by atoms with van der Waals surface area (Å²) < 4.78 is 5.93. The summed E-state index contributed by atoms with van der Waals surface area (Å²) in [5.74, 6) is 0.504. The van der Waals surface area contributed by atoms with Gasteiger partial charge in [0, 0.05) is 10.7 Å². The van der Waals surface area contributed by atoms with Crippen LogP contribution in [0.3, 0.4) is 0 Å². The highest BCUT2D eigenvalue weighted by molar-refractivity contribution is 6.31. The van der Waals surface area contributed by atoms with Crippen molar-refractivity contribution in [3.8, 4) is 5.75 Å². The maximum atomic E-state index is 12.6. The molecule has 3 aromatic rings. The van der Waals surface area contributed by atoms with Crippen LogP contribution in [0.4, 0.5) is 5.69 Å². The zero-order chi connectivity index (χ0) is 17.8. The molecule has 3 aromatic carbocycles. The van der Waals surface area contributed by atoms with Gasteiger partial charge in [0.05, 0.1) is 0 Å². The van der Waals surface area contributed by atoms with Crippen LogP contribution in [-0.2, 0) is 4.79 Å². The number of rotatable bonds is 5. The van der Waals surface area contributed by atoms with Crippen LogP contribution in [0.5, 0.6) is 5.75 Å². The topological polar surface area (TPSA) is 38.3 Å². The highest BCUT2D eigenvalue weighted by Gasteiger charge is 2.19. The van der Waals surface area contributed by atoms with Crippen LogP contribution in [0.1, 0.15) is 18.9 Å². The number of halogens is 1. The standard InChI is InChI=1S/C21H20ClNO2/c1-3-20(21(24)23-19-13-17(22)10-8-14(19)2)25-18-11-9-15-6-4-5-7-16(15)12-18/h4-13,20H,3H2,1-2H3,(H,23,24)/t20-/m0/s1. The van der Waals surface area contributed by atoms with Gasteiger partial charge in [-0.05, 0) is 53.9 Å². The Morgan fingerprint density at radius 1 is 1.08 bits per heavy atom. The molecule has 0 saturated heterocycles. The third-order valence-corrected chi connectivity index (χ3v) is 4.36. The number of aryl methyl sites for hydroxylation is 1. The molecule has 0 aliphatic rings. The second kappa shape index (κ2) is 7.58. The van der Waals surface area contributed by atoms with Gasteiger partial charge >= 0.3 is 0 Å². The minimum Gasteiger partial charge on any atom is -0.481 e. The Bertz CT molecular complexity index is 907. The number of ether oxygens (including phenoxy) is 1. The first-order valence-electron chi connectivity index (χ1n) is 8.29. The van der Waals surface area contributed by atoms with Crippen LogP contribution < -0.4 is 10.1 Å². The van der Waals surface area contributed by atoms with Crippen LogP contribution >= 0.6 is 11.6 Å². The van der Waals surface area contributed by atoms with E-state index in [1.54, 1.807) is 12.1 Å². The summed E-state index contributed by atoms with van der Waals surface area (Å²) in [5.41, 5.74) is 1.66. The lowest BCUT2D eigenvalue weighted by Gasteiger charge is -2.18. The van der Waals surface area contributed by atoms with Crippen molar-refractivity contribution in [3.05, 3.63) is 71.2 Å². The molecule has 0 aliphatic heterocycles. The lowest BCUT2D eigenvalue weighted by atomic mass is 10.1. The molecule has 0 unspecified atom stereocenters. The Morgan fingerprint density at radius 3 is 2.60 bits per heavy atom. The van der Waals surface area contributed by atoms with Crippen molar-refractivity contribution in [1.82, 2.24) is 0 Å². The summed E-state index contributed by atoms with van der Waals surface area (Å²) in [7, 11) is 0. The van der Waals surface area contributed by atoms with Gasteiger partial charge in [-0.3, -0.25) is 4.79 Å². The highest BCUT2D eigenvalue weighted by atomic mass is 35.5. The van der Waals surface area contributed by atoms with Gasteiger partial charge in [-0.25, -0.2) is 0 Å². The van der Waals surface area contributed by atoms with E-state index < -0.39 is 6.10 Å². The number of hydrogen-bond acceptors (Lipinski definition) is 2. The number of nitrogens with one attached hydrogen (secondary N) is 1. The summed E-state index contributed by atoms with van der Waals surface area (Å²) in [6, 6.07) is 19.3. The maximum absolute atomic E-state index is 12.6. The van der Waals surface area contributed by atoms with Gasteiger partial charge in [0.2, 0.25) is 0 Å².